The molecule has 2 atom stereocenters. The van der Waals surface area contributed by atoms with Gasteiger partial charge in [0.05, 0.1) is 19.2 Å². The summed E-state index contributed by atoms with van der Waals surface area (Å²) in [6, 6.07) is 8.31. The Morgan fingerprint density at radius 2 is 1.36 bits per heavy atom. The molecule has 320 valence electrons. The summed E-state index contributed by atoms with van der Waals surface area (Å²) >= 11 is 0. The highest BCUT2D eigenvalue weighted by molar-refractivity contribution is 5.91. The van der Waals surface area contributed by atoms with E-state index in [0.717, 1.165) is 70.0 Å². The van der Waals surface area contributed by atoms with Gasteiger partial charge < -0.3 is 30.5 Å². The van der Waals surface area contributed by atoms with Crippen LogP contribution in [0.1, 0.15) is 125 Å². The number of esters is 1. The number of likely N-dealkylation sites (tertiary alicyclic amines) is 2. The molecule has 13 heteroatoms. The number of hydrogen-bond donors (Lipinski definition) is 2. The zero-order valence-electron chi connectivity index (χ0n) is 35.7. The molecule has 3 amide bonds. The first-order valence-corrected chi connectivity index (χ1v) is 21.9. The number of pyridine rings is 2. The van der Waals surface area contributed by atoms with Crippen molar-refractivity contribution in [1.29, 1.82) is 0 Å². The van der Waals surface area contributed by atoms with Crippen molar-refractivity contribution in [3.05, 3.63) is 58.2 Å². The number of rotatable bonds is 17. The standard InChI is InChI=1S/C24H35N3O4.C13H20N2.C8H14N2O2/c1-3-31-23(29)17-27-16-15-21(24(27)30)26(2)22(28)12-6-4-5-10-19-14-13-18-9-7-8-11-20(18)25-19;14-10-4-3-6-12-9-8-11-5-1-2-7-13(11)15-12;1-6(11)5-10-4-3-7(9-2)8(10)12/h13-14,21H,3-12,15-17H2,1-2H3;8-9H,1-7,10,14H2;7,9H,3-5H2,1-2H3. The minimum absolute atomic E-state index is 0.0109. The molecule has 2 saturated heterocycles. The Morgan fingerprint density at radius 3 is 1.91 bits per heavy atom. The Kier molecular flexibility index (Phi) is 19.7. The van der Waals surface area contributed by atoms with Gasteiger partial charge in [-0.3, -0.25) is 33.9 Å². The quantitative estimate of drug-likeness (QED) is 0.174. The zero-order chi connectivity index (χ0) is 41.9. The van der Waals surface area contributed by atoms with E-state index in [9.17, 15) is 24.0 Å². The van der Waals surface area contributed by atoms with Crippen LogP contribution in [0.15, 0.2) is 24.3 Å². The van der Waals surface area contributed by atoms with Gasteiger partial charge in [-0.25, -0.2) is 0 Å². The fourth-order valence-electron chi connectivity index (χ4n) is 8.13. The third kappa shape index (κ3) is 14.5. The molecule has 6 rings (SSSR count). The van der Waals surface area contributed by atoms with Crippen molar-refractivity contribution in [2.24, 2.45) is 5.73 Å². The highest BCUT2D eigenvalue weighted by Gasteiger charge is 2.37. The molecular weight excluding hydrogens is 735 g/mol. The normalized spacial score (nSPS) is 18.4. The number of ether oxygens (including phenoxy) is 1. The number of aryl methyl sites for hydroxylation is 6. The fourth-order valence-corrected chi connectivity index (χ4v) is 8.13. The maximum absolute atomic E-state index is 12.6. The fraction of sp³-hybridized carbons (Fsp3) is 0.667. The van der Waals surface area contributed by atoms with Crippen LogP contribution in [0.25, 0.3) is 0 Å². The van der Waals surface area contributed by atoms with Gasteiger partial charge in [-0.1, -0.05) is 18.6 Å². The van der Waals surface area contributed by atoms with Gasteiger partial charge in [-0.15, -0.1) is 0 Å². The largest absolute Gasteiger partial charge is 0.465 e. The number of nitrogens with one attached hydrogen (secondary N) is 1. The van der Waals surface area contributed by atoms with E-state index in [1.165, 1.54) is 85.0 Å². The molecule has 2 aromatic rings. The average molecular weight is 804 g/mol. The molecule has 0 aromatic carbocycles. The third-order valence-corrected chi connectivity index (χ3v) is 11.5. The molecule has 2 unspecified atom stereocenters. The molecule has 0 saturated carbocycles. The van der Waals surface area contributed by atoms with Gasteiger partial charge in [-0.2, -0.15) is 0 Å². The summed E-state index contributed by atoms with van der Waals surface area (Å²) in [6.45, 7) is 5.73. The topological polar surface area (TPSA) is 168 Å². The summed E-state index contributed by atoms with van der Waals surface area (Å²) in [5.74, 6) is -0.489. The molecule has 3 N–H and O–H groups in total. The van der Waals surface area contributed by atoms with E-state index in [2.05, 4.69) is 29.6 Å². The number of carbonyl (C=O) groups excluding carboxylic acids is 5. The molecule has 2 fully saturated rings. The SMILES string of the molecule is CCOC(=O)CN1CCC(N(C)C(=O)CCCCCc2ccc3c(n2)CCCC3)C1=O.CNC1CCN(CC(C)=O)C1=O.NCCCCc1ccc2c(n1)CCCC2. The van der Waals surface area contributed by atoms with Crippen LogP contribution in [0.3, 0.4) is 0 Å². The minimum Gasteiger partial charge on any atom is -0.465 e. The summed E-state index contributed by atoms with van der Waals surface area (Å²) in [5, 5.41) is 2.91. The number of nitrogens with two attached hydrogens (primary N) is 1. The monoisotopic (exact) mass is 804 g/mol. The number of likely N-dealkylation sites (N-methyl/N-ethyl adjacent to an activating group) is 2. The Balaban J connectivity index is 0.000000226. The van der Waals surface area contributed by atoms with Crippen molar-refractivity contribution >= 4 is 29.5 Å². The lowest BCUT2D eigenvalue weighted by atomic mass is 9.95. The van der Waals surface area contributed by atoms with Gasteiger partial charge in [0.15, 0.2) is 0 Å². The predicted molar refractivity (Wildman–Crippen MR) is 225 cm³/mol. The number of nitrogens with zero attached hydrogens (tertiary/aromatic N) is 5. The van der Waals surface area contributed by atoms with Gasteiger partial charge in [0.2, 0.25) is 17.7 Å². The Bertz CT molecular complexity index is 1670. The second-order valence-electron chi connectivity index (χ2n) is 16.0. The number of fused-ring (bicyclic) bond motifs is 2. The lowest BCUT2D eigenvalue weighted by Gasteiger charge is -2.24. The number of carbonyl (C=O) groups is 5. The van der Waals surface area contributed by atoms with E-state index >= 15 is 0 Å². The van der Waals surface area contributed by atoms with Crippen molar-refractivity contribution in [2.75, 3.05) is 53.4 Å². The lowest BCUT2D eigenvalue weighted by molar-refractivity contribution is -0.149. The van der Waals surface area contributed by atoms with E-state index in [1.807, 2.05) is 0 Å². The van der Waals surface area contributed by atoms with Gasteiger partial charge in [0, 0.05) is 49.3 Å². The summed E-state index contributed by atoms with van der Waals surface area (Å²) in [6.07, 6.45) is 18.7. The van der Waals surface area contributed by atoms with Crippen molar-refractivity contribution < 1.29 is 28.7 Å². The molecule has 2 aromatic heterocycles. The molecule has 0 radical (unpaired) electrons. The molecule has 4 aliphatic rings. The van der Waals surface area contributed by atoms with Crippen molar-refractivity contribution in [3.63, 3.8) is 0 Å². The van der Waals surface area contributed by atoms with E-state index in [-0.39, 0.29) is 42.6 Å². The summed E-state index contributed by atoms with van der Waals surface area (Å²) in [5.41, 5.74) is 13.4. The Morgan fingerprint density at radius 1 is 0.793 bits per heavy atom. The molecule has 2 aliphatic carbocycles. The second-order valence-corrected chi connectivity index (χ2v) is 16.0. The van der Waals surface area contributed by atoms with E-state index < -0.39 is 12.0 Å². The van der Waals surface area contributed by atoms with Gasteiger partial charge in [0.25, 0.3) is 0 Å². The molecular formula is C45H69N7O6. The second kappa shape index (κ2) is 24.6. The molecule has 2 aliphatic heterocycles. The average Bonchev–Trinajstić information content (AvgIpc) is 3.77. The maximum Gasteiger partial charge on any atom is 0.325 e. The van der Waals surface area contributed by atoms with Crippen LogP contribution in [0.5, 0.6) is 0 Å². The summed E-state index contributed by atoms with van der Waals surface area (Å²) in [4.78, 5) is 73.0. The van der Waals surface area contributed by atoms with Crippen LogP contribution in [0.4, 0.5) is 0 Å². The highest BCUT2D eigenvalue weighted by atomic mass is 16.5. The van der Waals surface area contributed by atoms with E-state index in [0.29, 0.717) is 32.5 Å². The number of ketones is 1. The van der Waals surface area contributed by atoms with Crippen LogP contribution in [-0.2, 0) is 67.2 Å². The highest BCUT2D eigenvalue weighted by Crippen LogP contribution is 2.22. The van der Waals surface area contributed by atoms with E-state index in [4.69, 9.17) is 20.4 Å². The van der Waals surface area contributed by atoms with Gasteiger partial charge >= 0.3 is 5.97 Å². The first kappa shape index (κ1) is 46.5. The van der Waals surface area contributed by atoms with E-state index in [1.54, 1.807) is 30.8 Å². The lowest BCUT2D eigenvalue weighted by Crippen LogP contribution is -2.44. The number of Topliss-reactive ketones (excluding diaryl/α,β-unsaturated/α-hetero) is 1. The summed E-state index contributed by atoms with van der Waals surface area (Å²) in [7, 11) is 3.45. The predicted octanol–water partition coefficient (Wildman–Crippen LogP) is 4.32. The molecule has 13 nitrogen and oxygen atoms in total. The number of aromatic nitrogens is 2. The first-order valence-electron chi connectivity index (χ1n) is 21.9. The first-order chi connectivity index (χ1) is 28.0. The molecule has 58 heavy (non-hydrogen) atoms. The summed E-state index contributed by atoms with van der Waals surface area (Å²) < 4.78 is 4.91. The van der Waals surface area contributed by atoms with Crippen molar-refractivity contribution in [2.45, 2.75) is 142 Å². The third-order valence-electron chi connectivity index (χ3n) is 11.5. The number of unbranched alkanes of at least 4 members (excludes halogenated alkanes) is 3. The van der Waals surface area contributed by atoms with Crippen molar-refractivity contribution in [1.82, 2.24) is 30.0 Å². The van der Waals surface area contributed by atoms with Crippen LogP contribution >= 0.6 is 0 Å². The van der Waals surface area contributed by atoms with Crippen LogP contribution in [-0.4, -0.2) is 120 Å². The Hall–Kier alpha value is -4.23. The molecule has 0 spiro atoms. The zero-order valence-corrected chi connectivity index (χ0v) is 35.7. The van der Waals surface area contributed by atoms with Crippen LogP contribution in [0.2, 0.25) is 0 Å². The number of hydrogen-bond acceptors (Lipinski definition) is 10. The molecule has 0 bridgehead atoms. The minimum atomic E-state index is -0.471. The van der Waals surface area contributed by atoms with Crippen LogP contribution in [0, 0.1) is 0 Å². The number of amides is 3. The van der Waals surface area contributed by atoms with Gasteiger partial charge in [0.1, 0.15) is 18.4 Å². The van der Waals surface area contributed by atoms with Gasteiger partial charge in [-0.05, 0) is 153 Å². The van der Waals surface area contributed by atoms with Crippen LogP contribution < -0.4 is 11.1 Å². The maximum atomic E-state index is 12.6. The van der Waals surface area contributed by atoms with Crippen molar-refractivity contribution in [3.8, 4) is 0 Å². The smallest absolute Gasteiger partial charge is 0.325 e. The molecule has 4 heterocycles. The Labute approximate surface area is 346 Å².